The highest BCUT2D eigenvalue weighted by molar-refractivity contribution is 5.65. The van der Waals surface area contributed by atoms with E-state index in [1.54, 1.807) is 0 Å². The maximum absolute atomic E-state index is 6.35. The average Bonchev–Trinajstić information content (AvgIpc) is 2.60. The fourth-order valence-electron chi connectivity index (χ4n) is 3.83. The molecule has 0 amide bonds. The molecule has 0 radical (unpaired) electrons. The summed E-state index contributed by atoms with van der Waals surface area (Å²) in [7, 11) is 0. The summed E-state index contributed by atoms with van der Waals surface area (Å²) in [5.74, 6) is 0.375. The summed E-state index contributed by atoms with van der Waals surface area (Å²) in [6.45, 7) is 12.8. The Morgan fingerprint density at radius 1 is 1.42 bits per heavy atom. The van der Waals surface area contributed by atoms with E-state index in [9.17, 15) is 0 Å². The van der Waals surface area contributed by atoms with Crippen LogP contribution in [0.25, 0.3) is 5.70 Å². The molecular weight excluding hydrogens is 324 g/mol. The molecule has 26 heavy (non-hydrogen) atoms. The van der Waals surface area contributed by atoms with Crippen LogP contribution in [0, 0.1) is 5.41 Å². The van der Waals surface area contributed by atoms with Gasteiger partial charge < -0.3 is 20.7 Å². The zero-order chi connectivity index (χ0) is 18.7. The Morgan fingerprint density at radius 3 is 2.81 bits per heavy atom. The minimum absolute atomic E-state index is 0.294. The first-order chi connectivity index (χ1) is 12.4. The van der Waals surface area contributed by atoms with Crippen molar-refractivity contribution in [3.05, 3.63) is 29.7 Å². The van der Waals surface area contributed by atoms with Gasteiger partial charge in [0.1, 0.15) is 0 Å². The van der Waals surface area contributed by atoms with Crippen LogP contribution in [0.15, 0.2) is 18.5 Å². The fraction of sp³-hybridized carbons (Fsp3) is 0.667. The molecule has 2 aliphatic rings. The predicted octanol–water partition coefficient (Wildman–Crippen LogP) is 3.47. The highest BCUT2D eigenvalue weighted by atomic mass is 16.5. The Hall–Kier alpha value is -1.75. The number of hydrogen-bond donors (Lipinski definition) is 2. The van der Waals surface area contributed by atoms with Gasteiger partial charge in [0.15, 0.2) is 0 Å². The summed E-state index contributed by atoms with van der Waals surface area (Å²) in [6, 6.07) is 2.26. The third-order valence-corrected chi connectivity index (χ3v) is 5.28. The van der Waals surface area contributed by atoms with Crippen molar-refractivity contribution in [2.24, 2.45) is 11.1 Å². The van der Waals surface area contributed by atoms with Gasteiger partial charge in [-0.2, -0.15) is 0 Å². The Bertz CT molecular complexity index is 639. The largest absolute Gasteiger partial charge is 0.396 e. The van der Waals surface area contributed by atoms with Gasteiger partial charge in [-0.05, 0) is 42.2 Å². The molecule has 0 saturated carbocycles. The highest BCUT2D eigenvalue weighted by Crippen LogP contribution is 2.35. The molecule has 0 aliphatic carbocycles. The van der Waals surface area contributed by atoms with Gasteiger partial charge in [0.25, 0.3) is 0 Å². The normalized spacial score (nSPS) is 23.0. The van der Waals surface area contributed by atoms with Crippen LogP contribution in [0.1, 0.15) is 64.1 Å². The quantitative estimate of drug-likeness (QED) is 0.815. The minimum Gasteiger partial charge on any atom is -0.396 e. The molecule has 1 aromatic heterocycles. The summed E-state index contributed by atoms with van der Waals surface area (Å²) < 4.78 is 5.75. The first-order valence-corrected chi connectivity index (χ1v) is 9.91. The van der Waals surface area contributed by atoms with Crippen molar-refractivity contribution in [2.45, 2.75) is 59.0 Å². The van der Waals surface area contributed by atoms with Gasteiger partial charge in [-0.15, -0.1) is 0 Å². The molecule has 3 N–H and O–H groups in total. The molecule has 0 aromatic carbocycles. The van der Waals surface area contributed by atoms with Crippen LogP contribution in [-0.2, 0) is 4.74 Å². The van der Waals surface area contributed by atoms with E-state index in [4.69, 9.17) is 15.5 Å². The van der Waals surface area contributed by atoms with Crippen LogP contribution in [-0.4, -0.2) is 37.3 Å². The lowest BCUT2D eigenvalue weighted by atomic mass is 9.84. The van der Waals surface area contributed by atoms with Crippen LogP contribution >= 0.6 is 0 Å². The Morgan fingerprint density at radius 2 is 2.19 bits per heavy atom. The van der Waals surface area contributed by atoms with Crippen molar-refractivity contribution < 1.29 is 4.74 Å². The van der Waals surface area contributed by atoms with Gasteiger partial charge in [-0.25, -0.2) is 0 Å². The lowest BCUT2D eigenvalue weighted by Gasteiger charge is -2.47. The number of aromatic nitrogens is 1. The van der Waals surface area contributed by atoms with Crippen molar-refractivity contribution in [3.63, 3.8) is 0 Å². The van der Waals surface area contributed by atoms with Gasteiger partial charge in [0, 0.05) is 32.4 Å². The molecular formula is C21H34N4O. The average molecular weight is 359 g/mol. The SMILES string of the molecule is CC(C)c1cc(N2CC(C)(C)C2)cnc1/C(N)=C/NCC1CCCCO1. The molecule has 0 spiro atoms. The highest BCUT2D eigenvalue weighted by Gasteiger charge is 2.34. The molecule has 0 bridgehead atoms. The lowest BCUT2D eigenvalue weighted by molar-refractivity contribution is 0.0188. The number of ether oxygens (including phenoxy) is 1. The maximum Gasteiger partial charge on any atom is 0.0909 e. The molecule has 1 unspecified atom stereocenters. The van der Waals surface area contributed by atoms with E-state index in [1.165, 1.54) is 24.1 Å². The van der Waals surface area contributed by atoms with Crippen molar-refractivity contribution in [3.8, 4) is 0 Å². The summed E-state index contributed by atoms with van der Waals surface area (Å²) >= 11 is 0. The van der Waals surface area contributed by atoms with Gasteiger partial charge in [-0.1, -0.05) is 27.7 Å². The predicted molar refractivity (Wildman–Crippen MR) is 108 cm³/mol. The standard InChI is InChI=1S/C21H34N4O/c1-15(2)18-9-16(25-13-21(3,4)14-25)10-24-20(18)19(22)12-23-11-17-7-5-6-8-26-17/h9-10,12,15,17,23H,5-8,11,13-14,22H2,1-4H3/b19-12-. The summed E-state index contributed by atoms with van der Waals surface area (Å²) in [5, 5.41) is 3.33. The van der Waals surface area contributed by atoms with Gasteiger partial charge in [0.2, 0.25) is 0 Å². The molecule has 1 aromatic rings. The van der Waals surface area contributed by atoms with Gasteiger partial charge in [0.05, 0.1) is 29.4 Å². The minimum atomic E-state index is 0.294. The number of nitrogens with zero attached hydrogens (tertiary/aromatic N) is 2. The third-order valence-electron chi connectivity index (χ3n) is 5.28. The van der Waals surface area contributed by atoms with Crippen molar-refractivity contribution >= 4 is 11.4 Å². The zero-order valence-electron chi connectivity index (χ0n) is 16.7. The van der Waals surface area contributed by atoms with Crippen LogP contribution in [0.5, 0.6) is 0 Å². The molecule has 2 aliphatic heterocycles. The molecule has 1 atom stereocenters. The topological polar surface area (TPSA) is 63.4 Å². The summed E-state index contributed by atoms with van der Waals surface area (Å²) in [5.41, 5.74) is 10.7. The molecule has 5 nitrogen and oxygen atoms in total. The fourth-order valence-corrected chi connectivity index (χ4v) is 3.83. The second-order valence-electron chi connectivity index (χ2n) is 8.80. The van der Waals surface area contributed by atoms with Crippen molar-refractivity contribution in [1.82, 2.24) is 10.3 Å². The summed E-state index contributed by atoms with van der Waals surface area (Å²) in [6.07, 6.45) is 7.69. The number of nitrogens with two attached hydrogens (primary N) is 1. The third kappa shape index (κ3) is 4.50. The molecule has 3 heterocycles. The van der Waals surface area contributed by atoms with Crippen molar-refractivity contribution in [2.75, 3.05) is 31.1 Å². The monoisotopic (exact) mass is 358 g/mol. The van der Waals surface area contributed by atoms with E-state index in [-0.39, 0.29) is 0 Å². The van der Waals surface area contributed by atoms with Gasteiger partial charge >= 0.3 is 0 Å². The number of hydrogen-bond acceptors (Lipinski definition) is 5. The number of rotatable bonds is 6. The second-order valence-corrected chi connectivity index (χ2v) is 8.80. The Kier molecular flexibility index (Phi) is 5.76. The number of nitrogens with one attached hydrogen (secondary N) is 1. The first kappa shape index (κ1) is 19.0. The smallest absolute Gasteiger partial charge is 0.0909 e. The van der Waals surface area contributed by atoms with E-state index < -0.39 is 0 Å². The molecule has 5 heteroatoms. The zero-order valence-corrected chi connectivity index (χ0v) is 16.7. The molecule has 144 valence electrons. The van der Waals surface area contributed by atoms with Crippen LogP contribution in [0.4, 0.5) is 5.69 Å². The maximum atomic E-state index is 6.35. The van der Waals surface area contributed by atoms with Gasteiger partial charge in [-0.3, -0.25) is 4.98 Å². The molecule has 2 fully saturated rings. The van der Waals surface area contributed by atoms with Crippen molar-refractivity contribution in [1.29, 1.82) is 0 Å². The first-order valence-electron chi connectivity index (χ1n) is 9.91. The molecule has 2 saturated heterocycles. The lowest BCUT2D eigenvalue weighted by Crippen LogP contribution is -2.53. The van der Waals surface area contributed by atoms with E-state index >= 15 is 0 Å². The van der Waals surface area contributed by atoms with Crippen LogP contribution < -0.4 is 16.0 Å². The number of anilines is 1. The van der Waals surface area contributed by atoms with E-state index in [1.807, 2.05) is 12.4 Å². The second kappa shape index (κ2) is 7.87. The van der Waals surface area contributed by atoms with E-state index in [2.05, 4.69) is 44.0 Å². The van der Waals surface area contributed by atoms with E-state index in [0.717, 1.165) is 38.4 Å². The molecule has 3 rings (SSSR count). The van der Waals surface area contributed by atoms with Crippen LogP contribution in [0.2, 0.25) is 0 Å². The Balaban J connectivity index is 1.68. The van der Waals surface area contributed by atoms with E-state index in [0.29, 0.717) is 23.1 Å². The number of pyridine rings is 1. The Labute approximate surface area is 158 Å². The van der Waals surface area contributed by atoms with Crippen LogP contribution in [0.3, 0.4) is 0 Å². The summed E-state index contributed by atoms with van der Waals surface area (Å²) in [4.78, 5) is 7.10.